The maximum Gasteiger partial charge on any atom is 0.127 e. The first-order chi connectivity index (χ1) is 8.15. The second-order valence-corrected chi connectivity index (χ2v) is 4.22. The Morgan fingerprint density at radius 3 is 2.76 bits per heavy atom. The number of benzene rings is 1. The van der Waals surface area contributed by atoms with Crippen molar-refractivity contribution in [2.75, 3.05) is 19.8 Å². The van der Waals surface area contributed by atoms with Gasteiger partial charge in [0.2, 0.25) is 0 Å². The lowest BCUT2D eigenvalue weighted by Crippen LogP contribution is -2.48. The molecule has 1 aromatic carbocycles. The molecule has 5 heteroatoms. The molecule has 0 amide bonds. The van der Waals surface area contributed by atoms with Gasteiger partial charge >= 0.3 is 0 Å². The van der Waals surface area contributed by atoms with Crippen LogP contribution < -0.4 is 5.32 Å². The second kappa shape index (κ2) is 4.78. The number of halogens is 2. The van der Waals surface area contributed by atoms with Crippen LogP contribution in [-0.2, 0) is 11.3 Å². The van der Waals surface area contributed by atoms with Crippen molar-refractivity contribution in [3.05, 3.63) is 35.4 Å². The number of nitrogens with zero attached hydrogens (tertiary/aromatic N) is 1. The summed E-state index contributed by atoms with van der Waals surface area (Å²) in [6, 6.07) is 5.50. The summed E-state index contributed by atoms with van der Waals surface area (Å²) in [6.45, 7) is 1.40. The van der Waals surface area contributed by atoms with Crippen molar-refractivity contribution in [2.45, 2.75) is 6.54 Å². The number of nitriles is 1. The summed E-state index contributed by atoms with van der Waals surface area (Å²) in [6.07, 6.45) is 0. The number of rotatable bonds is 4. The van der Waals surface area contributed by atoms with Crippen LogP contribution in [0.15, 0.2) is 18.2 Å². The molecular weight excluding hydrogens is 226 g/mol. The standard InChI is InChI=1S/C12H12F2N2O/c13-10-1-2-11(14)9(3-10)4-16-6-12(5-15)7-17-8-12/h1-3,16H,4,6-8H2. The third-order valence-corrected chi connectivity index (χ3v) is 2.78. The predicted octanol–water partition coefficient (Wildman–Crippen LogP) is 1.59. The van der Waals surface area contributed by atoms with E-state index >= 15 is 0 Å². The molecule has 1 heterocycles. The summed E-state index contributed by atoms with van der Waals surface area (Å²) in [5.41, 5.74) is -0.248. The van der Waals surface area contributed by atoms with Crippen LogP contribution in [-0.4, -0.2) is 19.8 Å². The van der Waals surface area contributed by atoms with Crippen LogP contribution in [0, 0.1) is 28.4 Å². The second-order valence-electron chi connectivity index (χ2n) is 4.22. The molecule has 0 saturated carbocycles. The van der Waals surface area contributed by atoms with E-state index in [2.05, 4.69) is 11.4 Å². The van der Waals surface area contributed by atoms with Crippen LogP contribution in [0.2, 0.25) is 0 Å². The van der Waals surface area contributed by atoms with Gasteiger partial charge in [-0.25, -0.2) is 8.78 Å². The van der Waals surface area contributed by atoms with E-state index < -0.39 is 17.0 Å². The molecular formula is C12H12F2N2O. The Morgan fingerprint density at radius 2 is 2.18 bits per heavy atom. The van der Waals surface area contributed by atoms with E-state index in [-0.39, 0.29) is 12.1 Å². The average Bonchev–Trinajstić information content (AvgIpc) is 2.27. The normalized spacial score (nSPS) is 17.2. The molecule has 1 fully saturated rings. The molecule has 2 rings (SSSR count). The van der Waals surface area contributed by atoms with Gasteiger partial charge in [-0.3, -0.25) is 0 Å². The molecule has 1 saturated heterocycles. The van der Waals surface area contributed by atoms with Crippen molar-refractivity contribution in [3.8, 4) is 6.07 Å². The van der Waals surface area contributed by atoms with Crippen molar-refractivity contribution in [2.24, 2.45) is 5.41 Å². The monoisotopic (exact) mass is 238 g/mol. The Balaban J connectivity index is 1.90. The minimum atomic E-state index is -0.510. The van der Waals surface area contributed by atoms with Crippen molar-refractivity contribution in [3.63, 3.8) is 0 Å². The lowest BCUT2D eigenvalue weighted by molar-refractivity contribution is -0.0755. The van der Waals surface area contributed by atoms with Gasteiger partial charge in [-0.1, -0.05) is 0 Å². The first-order valence-corrected chi connectivity index (χ1v) is 5.29. The Labute approximate surface area is 98.0 Å². The van der Waals surface area contributed by atoms with Crippen LogP contribution in [0.3, 0.4) is 0 Å². The topological polar surface area (TPSA) is 45.0 Å². The van der Waals surface area contributed by atoms with Crippen LogP contribution in [0.25, 0.3) is 0 Å². The minimum Gasteiger partial charge on any atom is -0.378 e. The fourth-order valence-corrected chi connectivity index (χ4v) is 1.67. The summed E-state index contributed by atoms with van der Waals surface area (Å²) < 4.78 is 31.1. The van der Waals surface area contributed by atoms with E-state index in [1.165, 1.54) is 0 Å². The van der Waals surface area contributed by atoms with E-state index in [9.17, 15) is 8.78 Å². The quantitative estimate of drug-likeness (QED) is 0.866. The fraction of sp³-hybridized carbons (Fsp3) is 0.417. The molecule has 0 radical (unpaired) electrons. The van der Waals surface area contributed by atoms with E-state index in [0.29, 0.717) is 19.8 Å². The molecule has 1 aliphatic rings. The first kappa shape index (κ1) is 12.0. The summed E-state index contributed by atoms with van der Waals surface area (Å²) >= 11 is 0. The lowest BCUT2D eigenvalue weighted by Gasteiger charge is -2.35. The Morgan fingerprint density at radius 1 is 1.41 bits per heavy atom. The molecule has 17 heavy (non-hydrogen) atoms. The van der Waals surface area contributed by atoms with E-state index in [1.54, 1.807) is 0 Å². The molecule has 0 aliphatic carbocycles. The van der Waals surface area contributed by atoms with Crippen LogP contribution in [0.1, 0.15) is 5.56 Å². The number of ether oxygens (including phenoxy) is 1. The van der Waals surface area contributed by atoms with Crippen molar-refractivity contribution >= 4 is 0 Å². The van der Waals surface area contributed by atoms with Crippen molar-refractivity contribution in [1.29, 1.82) is 5.26 Å². The van der Waals surface area contributed by atoms with Crippen molar-refractivity contribution < 1.29 is 13.5 Å². The Bertz CT molecular complexity index is 452. The highest BCUT2D eigenvalue weighted by Crippen LogP contribution is 2.25. The smallest absolute Gasteiger partial charge is 0.127 e. The maximum atomic E-state index is 13.3. The van der Waals surface area contributed by atoms with Crippen LogP contribution >= 0.6 is 0 Å². The Kier molecular flexibility index (Phi) is 3.36. The van der Waals surface area contributed by atoms with Gasteiger partial charge in [-0.2, -0.15) is 5.26 Å². The largest absolute Gasteiger partial charge is 0.378 e. The maximum absolute atomic E-state index is 13.3. The molecule has 0 aromatic heterocycles. The zero-order chi connectivity index (χ0) is 12.3. The van der Waals surface area contributed by atoms with Crippen LogP contribution in [0.5, 0.6) is 0 Å². The summed E-state index contributed by atoms with van der Waals surface area (Å²) in [5.74, 6) is -0.917. The molecule has 0 bridgehead atoms. The average molecular weight is 238 g/mol. The van der Waals surface area contributed by atoms with Gasteiger partial charge in [-0.05, 0) is 18.2 Å². The van der Waals surface area contributed by atoms with Gasteiger partial charge in [0.05, 0.1) is 19.3 Å². The zero-order valence-electron chi connectivity index (χ0n) is 9.17. The predicted molar refractivity (Wildman–Crippen MR) is 56.9 cm³/mol. The highest BCUT2D eigenvalue weighted by molar-refractivity contribution is 5.18. The van der Waals surface area contributed by atoms with Gasteiger partial charge in [0.25, 0.3) is 0 Å². The highest BCUT2D eigenvalue weighted by atomic mass is 19.1. The SMILES string of the molecule is N#CC1(CNCc2cc(F)ccc2F)COC1. The summed E-state index contributed by atoms with van der Waals surface area (Å²) in [5, 5.41) is 11.9. The van der Waals surface area contributed by atoms with E-state index in [0.717, 1.165) is 18.2 Å². The summed E-state index contributed by atoms with van der Waals surface area (Å²) in [4.78, 5) is 0. The molecule has 90 valence electrons. The Hall–Kier alpha value is -1.51. The minimum absolute atomic E-state index is 0.201. The van der Waals surface area contributed by atoms with Gasteiger partial charge in [0.15, 0.2) is 0 Å². The highest BCUT2D eigenvalue weighted by Gasteiger charge is 2.38. The molecule has 0 unspecified atom stereocenters. The molecule has 1 aromatic rings. The third-order valence-electron chi connectivity index (χ3n) is 2.78. The molecule has 1 aliphatic heterocycles. The summed E-state index contributed by atoms with van der Waals surface area (Å²) in [7, 11) is 0. The van der Waals surface area contributed by atoms with Gasteiger partial charge < -0.3 is 10.1 Å². The number of nitrogens with one attached hydrogen (secondary N) is 1. The molecule has 0 atom stereocenters. The lowest BCUT2D eigenvalue weighted by atomic mass is 9.88. The molecule has 0 spiro atoms. The fourth-order valence-electron chi connectivity index (χ4n) is 1.67. The zero-order valence-corrected chi connectivity index (χ0v) is 9.17. The molecule has 3 nitrogen and oxygen atoms in total. The van der Waals surface area contributed by atoms with E-state index in [4.69, 9.17) is 10.00 Å². The number of hydrogen-bond donors (Lipinski definition) is 1. The van der Waals surface area contributed by atoms with Gasteiger partial charge in [0, 0.05) is 18.7 Å². The number of hydrogen-bond acceptors (Lipinski definition) is 3. The van der Waals surface area contributed by atoms with Crippen molar-refractivity contribution in [1.82, 2.24) is 5.32 Å². The molecule has 1 N–H and O–H groups in total. The third kappa shape index (κ3) is 2.60. The van der Waals surface area contributed by atoms with E-state index in [1.807, 2.05) is 0 Å². The van der Waals surface area contributed by atoms with Crippen LogP contribution in [0.4, 0.5) is 8.78 Å². The first-order valence-electron chi connectivity index (χ1n) is 5.29. The van der Waals surface area contributed by atoms with Gasteiger partial charge in [-0.15, -0.1) is 0 Å². The van der Waals surface area contributed by atoms with Gasteiger partial charge in [0.1, 0.15) is 17.0 Å².